The van der Waals surface area contributed by atoms with Gasteiger partial charge in [0.15, 0.2) is 0 Å². The quantitative estimate of drug-likeness (QED) is 0.809. The normalized spacial score (nSPS) is 8.67. The minimum Gasteiger partial charge on any atom is -0.424 e. The molecule has 0 amide bonds. The highest BCUT2D eigenvalue weighted by Crippen LogP contribution is 2.14. The van der Waals surface area contributed by atoms with Crippen molar-refractivity contribution in [2.45, 2.75) is 0 Å². The van der Waals surface area contributed by atoms with Crippen molar-refractivity contribution in [2.75, 3.05) is 7.05 Å². The first kappa shape index (κ1) is 11.1. The number of ether oxygens (including phenoxy) is 1. The molecule has 0 atom stereocenters. The molecule has 4 heteroatoms. The highest BCUT2D eigenvalue weighted by molar-refractivity contribution is 5.23. The summed E-state index contributed by atoms with van der Waals surface area (Å²) in [6, 6.07) is 11.6. The average Bonchev–Trinajstić information content (AvgIpc) is 2.34. The maximum absolute atomic E-state index is 5.36. The molecule has 78 valence electrons. The third-order valence-corrected chi connectivity index (χ3v) is 1.49. The topological polar surface area (TPSA) is 61.0 Å². The Bertz CT molecular complexity index is 327. The third-order valence-electron chi connectivity index (χ3n) is 1.49. The Morgan fingerprint density at radius 3 is 2.13 bits per heavy atom. The van der Waals surface area contributed by atoms with E-state index in [9.17, 15) is 0 Å². The number of hydrogen-bond donors (Lipinski definition) is 1. The summed E-state index contributed by atoms with van der Waals surface area (Å²) in [4.78, 5) is 7.88. The van der Waals surface area contributed by atoms with Gasteiger partial charge in [0.2, 0.25) is 0 Å². The summed E-state index contributed by atoms with van der Waals surface area (Å²) >= 11 is 0. The molecule has 1 aromatic heterocycles. The molecule has 0 saturated carbocycles. The summed E-state index contributed by atoms with van der Waals surface area (Å²) in [5, 5.41) is 0. The van der Waals surface area contributed by atoms with Gasteiger partial charge in [0.1, 0.15) is 5.75 Å². The first-order chi connectivity index (χ1) is 7.45. The minimum absolute atomic E-state index is 0.369. The molecule has 0 aliphatic heterocycles. The Hall–Kier alpha value is -1.94. The molecule has 0 spiro atoms. The van der Waals surface area contributed by atoms with Crippen LogP contribution in [-0.2, 0) is 0 Å². The fraction of sp³-hybridized carbons (Fsp3) is 0.0909. The Morgan fingerprint density at radius 1 is 0.933 bits per heavy atom. The van der Waals surface area contributed by atoms with Crippen molar-refractivity contribution in [3.63, 3.8) is 0 Å². The lowest BCUT2D eigenvalue weighted by Crippen LogP contribution is -1.89. The van der Waals surface area contributed by atoms with Crippen molar-refractivity contribution in [3.8, 4) is 11.8 Å². The molecule has 4 nitrogen and oxygen atoms in total. The molecule has 1 aromatic carbocycles. The van der Waals surface area contributed by atoms with Gasteiger partial charge in [0.25, 0.3) is 0 Å². The lowest BCUT2D eigenvalue weighted by atomic mass is 10.3. The van der Waals surface area contributed by atoms with Crippen LogP contribution in [0.5, 0.6) is 11.8 Å². The van der Waals surface area contributed by atoms with E-state index in [0.717, 1.165) is 5.75 Å². The van der Waals surface area contributed by atoms with Crippen LogP contribution in [-0.4, -0.2) is 17.0 Å². The number of hydrogen-bond acceptors (Lipinski definition) is 4. The van der Waals surface area contributed by atoms with E-state index in [1.807, 2.05) is 30.3 Å². The van der Waals surface area contributed by atoms with Gasteiger partial charge in [-0.25, -0.2) is 9.97 Å². The average molecular weight is 203 g/mol. The monoisotopic (exact) mass is 203 g/mol. The molecule has 0 radical (unpaired) electrons. The molecule has 1 heterocycles. The summed E-state index contributed by atoms with van der Waals surface area (Å²) < 4.78 is 5.36. The molecule has 0 unspecified atom stereocenters. The van der Waals surface area contributed by atoms with Crippen molar-refractivity contribution < 1.29 is 4.74 Å². The molecule has 0 bridgehead atoms. The Labute approximate surface area is 88.8 Å². The van der Waals surface area contributed by atoms with Crippen molar-refractivity contribution in [3.05, 3.63) is 48.8 Å². The van der Waals surface area contributed by atoms with E-state index in [0.29, 0.717) is 6.01 Å². The number of benzene rings is 1. The lowest BCUT2D eigenvalue weighted by Gasteiger charge is -2.00. The van der Waals surface area contributed by atoms with E-state index in [-0.39, 0.29) is 0 Å². The molecule has 0 aliphatic rings. The second-order valence-corrected chi connectivity index (χ2v) is 2.45. The maximum Gasteiger partial charge on any atom is 0.321 e. The van der Waals surface area contributed by atoms with Gasteiger partial charge in [-0.05, 0) is 25.2 Å². The van der Waals surface area contributed by atoms with Gasteiger partial charge in [-0.2, -0.15) is 0 Å². The van der Waals surface area contributed by atoms with Crippen molar-refractivity contribution in [1.29, 1.82) is 0 Å². The Balaban J connectivity index is 0.000000531. The second kappa shape index (κ2) is 6.50. The molecular weight excluding hydrogens is 190 g/mol. The predicted molar refractivity (Wildman–Crippen MR) is 58.7 cm³/mol. The van der Waals surface area contributed by atoms with Crippen LogP contribution in [0.1, 0.15) is 0 Å². The molecule has 2 N–H and O–H groups in total. The van der Waals surface area contributed by atoms with Crippen LogP contribution in [0.4, 0.5) is 0 Å². The molecule has 0 aliphatic carbocycles. The van der Waals surface area contributed by atoms with Crippen LogP contribution in [0, 0.1) is 0 Å². The van der Waals surface area contributed by atoms with Crippen molar-refractivity contribution in [2.24, 2.45) is 5.73 Å². The molecule has 2 rings (SSSR count). The van der Waals surface area contributed by atoms with Crippen LogP contribution in [0.25, 0.3) is 0 Å². The van der Waals surface area contributed by atoms with Gasteiger partial charge in [0, 0.05) is 12.4 Å². The Kier molecular flexibility index (Phi) is 4.83. The van der Waals surface area contributed by atoms with Gasteiger partial charge < -0.3 is 10.5 Å². The van der Waals surface area contributed by atoms with Gasteiger partial charge in [-0.3, -0.25) is 0 Å². The Morgan fingerprint density at radius 2 is 1.53 bits per heavy atom. The maximum atomic E-state index is 5.36. The van der Waals surface area contributed by atoms with Crippen LogP contribution >= 0.6 is 0 Å². The molecule has 0 fully saturated rings. The number of rotatable bonds is 2. The van der Waals surface area contributed by atoms with Crippen molar-refractivity contribution in [1.82, 2.24) is 9.97 Å². The number of para-hydroxylation sites is 1. The van der Waals surface area contributed by atoms with Crippen LogP contribution in [0.2, 0.25) is 0 Å². The van der Waals surface area contributed by atoms with Crippen molar-refractivity contribution >= 4 is 0 Å². The van der Waals surface area contributed by atoms with Gasteiger partial charge in [-0.1, -0.05) is 18.2 Å². The fourth-order valence-electron chi connectivity index (χ4n) is 0.932. The second-order valence-electron chi connectivity index (χ2n) is 2.45. The summed E-state index contributed by atoms with van der Waals surface area (Å²) in [7, 11) is 1.50. The van der Waals surface area contributed by atoms with Gasteiger partial charge in [0.05, 0.1) is 0 Å². The summed E-state index contributed by atoms with van der Waals surface area (Å²) in [5.74, 6) is 0.744. The zero-order chi connectivity index (χ0) is 10.9. The van der Waals surface area contributed by atoms with E-state index in [4.69, 9.17) is 4.74 Å². The van der Waals surface area contributed by atoms with Gasteiger partial charge >= 0.3 is 6.01 Å². The molecule has 2 aromatic rings. The summed E-state index contributed by atoms with van der Waals surface area (Å²) in [6.07, 6.45) is 3.29. The highest BCUT2D eigenvalue weighted by Gasteiger charge is 1.95. The summed E-state index contributed by atoms with van der Waals surface area (Å²) in [5.41, 5.74) is 4.50. The zero-order valence-electron chi connectivity index (χ0n) is 8.50. The van der Waals surface area contributed by atoms with Crippen LogP contribution in [0.15, 0.2) is 48.8 Å². The first-order valence-electron chi connectivity index (χ1n) is 4.53. The van der Waals surface area contributed by atoms with Crippen LogP contribution < -0.4 is 10.5 Å². The van der Waals surface area contributed by atoms with Crippen LogP contribution in [0.3, 0.4) is 0 Å². The molecule has 15 heavy (non-hydrogen) atoms. The SMILES string of the molecule is CN.c1ccc(Oc2ncccn2)cc1. The highest BCUT2D eigenvalue weighted by atomic mass is 16.5. The zero-order valence-corrected chi connectivity index (χ0v) is 8.50. The van der Waals surface area contributed by atoms with Gasteiger partial charge in [-0.15, -0.1) is 0 Å². The lowest BCUT2D eigenvalue weighted by molar-refractivity contribution is 0.442. The van der Waals surface area contributed by atoms with E-state index in [1.165, 1.54) is 7.05 Å². The smallest absolute Gasteiger partial charge is 0.321 e. The van der Waals surface area contributed by atoms with E-state index in [1.54, 1.807) is 18.5 Å². The number of aromatic nitrogens is 2. The largest absolute Gasteiger partial charge is 0.424 e. The van der Waals surface area contributed by atoms with E-state index in [2.05, 4.69) is 15.7 Å². The third kappa shape index (κ3) is 3.74. The molecule has 0 saturated heterocycles. The predicted octanol–water partition coefficient (Wildman–Crippen LogP) is 1.84. The fourth-order valence-corrected chi connectivity index (χ4v) is 0.932. The van der Waals surface area contributed by atoms with E-state index >= 15 is 0 Å². The molecular formula is C11H13N3O. The number of nitrogens with zero attached hydrogens (tertiary/aromatic N) is 2. The summed E-state index contributed by atoms with van der Waals surface area (Å²) in [6.45, 7) is 0. The number of nitrogens with two attached hydrogens (primary N) is 1. The van der Waals surface area contributed by atoms with E-state index < -0.39 is 0 Å². The standard InChI is InChI=1S/C10H8N2O.CH5N/c1-2-5-9(6-3-1)13-10-11-7-4-8-12-10;1-2/h1-8H;2H2,1H3. The first-order valence-corrected chi connectivity index (χ1v) is 4.53. The minimum atomic E-state index is 0.369.